The maximum Gasteiger partial charge on any atom is 0.290 e. The number of carbonyl (C=O) groups is 2. The van der Waals surface area contributed by atoms with E-state index in [9.17, 15) is 14.4 Å². The number of rotatable bonds is 5. The van der Waals surface area contributed by atoms with Crippen molar-refractivity contribution in [2.24, 2.45) is 0 Å². The van der Waals surface area contributed by atoms with E-state index in [1.165, 1.54) is 4.68 Å². The van der Waals surface area contributed by atoms with Crippen molar-refractivity contribution >= 4 is 22.6 Å². The predicted molar refractivity (Wildman–Crippen MR) is 102 cm³/mol. The van der Waals surface area contributed by atoms with Gasteiger partial charge in [-0.25, -0.2) is 4.68 Å². The summed E-state index contributed by atoms with van der Waals surface area (Å²) in [4.78, 5) is 37.0. The topological polar surface area (TPSA) is 119 Å². The lowest BCUT2D eigenvalue weighted by atomic mass is 10.1. The molecule has 0 aliphatic heterocycles. The van der Waals surface area contributed by atoms with Gasteiger partial charge in [0.25, 0.3) is 11.5 Å². The fourth-order valence-corrected chi connectivity index (χ4v) is 2.96. The first-order chi connectivity index (χ1) is 13.4. The van der Waals surface area contributed by atoms with E-state index in [0.717, 1.165) is 11.3 Å². The molecule has 0 saturated carbocycles. The van der Waals surface area contributed by atoms with Gasteiger partial charge in [-0.2, -0.15) is 5.10 Å². The van der Waals surface area contributed by atoms with Crippen molar-refractivity contribution < 1.29 is 14.1 Å². The number of amides is 2. The summed E-state index contributed by atoms with van der Waals surface area (Å²) < 4.78 is 6.29. The van der Waals surface area contributed by atoms with E-state index >= 15 is 0 Å². The maximum atomic E-state index is 12.6. The Labute approximate surface area is 160 Å². The number of benzene rings is 1. The summed E-state index contributed by atoms with van der Waals surface area (Å²) in [6.07, 6.45) is 0.608. The summed E-state index contributed by atoms with van der Waals surface area (Å²) in [6, 6.07) is 6.74. The second kappa shape index (κ2) is 8.03. The van der Waals surface area contributed by atoms with Crippen molar-refractivity contribution in [3.05, 3.63) is 57.3 Å². The molecule has 28 heavy (non-hydrogen) atoms. The highest BCUT2D eigenvalue weighted by atomic mass is 16.5. The van der Waals surface area contributed by atoms with Crippen LogP contribution in [0.3, 0.4) is 0 Å². The summed E-state index contributed by atoms with van der Waals surface area (Å²) >= 11 is 0. The second-order valence-corrected chi connectivity index (χ2v) is 6.32. The normalized spacial score (nSPS) is 10.8. The van der Waals surface area contributed by atoms with E-state index in [1.54, 1.807) is 38.1 Å². The average Bonchev–Trinajstić information content (AvgIpc) is 3.02. The first-order valence-electron chi connectivity index (χ1n) is 8.93. The number of hydrazine groups is 1. The molecule has 0 radical (unpaired) electrons. The number of nitrogens with one attached hydrogen (secondary N) is 2. The standard InChI is InChI=1S/C19H21N5O4/c1-4-24-19(27)15-8-6-5-7-14(15)17(22-24)18(26)21-20-16(25)10-9-13-11(2)23-28-12(13)3/h5-8H,4,9-10H2,1-3H3,(H,20,25)(H,21,26). The van der Waals surface area contributed by atoms with Gasteiger partial charge >= 0.3 is 0 Å². The monoisotopic (exact) mass is 383 g/mol. The molecule has 0 fully saturated rings. The highest BCUT2D eigenvalue weighted by Crippen LogP contribution is 2.14. The predicted octanol–water partition coefficient (Wildman–Crippen LogP) is 1.42. The average molecular weight is 383 g/mol. The number of nitrogens with zero attached hydrogens (tertiary/aromatic N) is 3. The molecule has 0 saturated heterocycles. The van der Waals surface area contributed by atoms with Crippen LogP contribution in [0.5, 0.6) is 0 Å². The first-order valence-corrected chi connectivity index (χ1v) is 8.93. The van der Waals surface area contributed by atoms with E-state index in [0.29, 0.717) is 29.5 Å². The molecule has 3 aromatic rings. The maximum absolute atomic E-state index is 12.6. The molecule has 0 unspecified atom stereocenters. The Hall–Kier alpha value is -3.49. The lowest BCUT2D eigenvalue weighted by molar-refractivity contribution is -0.121. The van der Waals surface area contributed by atoms with E-state index in [-0.39, 0.29) is 23.6 Å². The third-order valence-corrected chi connectivity index (χ3v) is 4.48. The van der Waals surface area contributed by atoms with Gasteiger partial charge in [0.05, 0.1) is 11.1 Å². The number of fused-ring (bicyclic) bond motifs is 1. The minimum absolute atomic E-state index is 0.0723. The number of hydrogen-bond donors (Lipinski definition) is 2. The van der Waals surface area contributed by atoms with Crippen molar-refractivity contribution in [1.82, 2.24) is 25.8 Å². The highest BCUT2D eigenvalue weighted by Gasteiger charge is 2.17. The largest absolute Gasteiger partial charge is 0.361 e. The Bertz CT molecular complexity index is 1080. The zero-order valence-corrected chi connectivity index (χ0v) is 15.9. The second-order valence-electron chi connectivity index (χ2n) is 6.32. The van der Waals surface area contributed by atoms with E-state index in [1.807, 2.05) is 6.92 Å². The van der Waals surface area contributed by atoms with Gasteiger partial charge in [0.2, 0.25) is 5.91 Å². The van der Waals surface area contributed by atoms with Crippen LogP contribution in [0.1, 0.15) is 40.9 Å². The molecule has 0 aliphatic rings. The van der Waals surface area contributed by atoms with Crippen LogP contribution in [-0.2, 0) is 17.8 Å². The summed E-state index contributed by atoms with van der Waals surface area (Å²) in [6.45, 7) is 5.69. The molecule has 0 bridgehead atoms. The molecule has 2 N–H and O–H groups in total. The Kier molecular flexibility index (Phi) is 5.53. The number of carbonyl (C=O) groups excluding carboxylic acids is 2. The molecule has 2 heterocycles. The highest BCUT2D eigenvalue weighted by molar-refractivity contribution is 6.05. The molecule has 0 aliphatic carbocycles. The van der Waals surface area contributed by atoms with Crippen molar-refractivity contribution in [3.8, 4) is 0 Å². The molecule has 2 amide bonds. The number of aryl methyl sites for hydroxylation is 3. The Morgan fingerprint density at radius 3 is 2.50 bits per heavy atom. The zero-order valence-electron chi connectivity index (χ0n) is 15.9. The Morgan fingerprint density at radius 2 is 1.86 bits per heavy atom. The van der Waals surface area contributed by atoms with Gasteiger partial charge in [0.15, 0.2) is 5.69 Å². The van der Waals surface area contributed by atoms with Crippen LogP contribution in [0.4, 0.5) is 0 Å². The first kappa shape index (κ1) is 19.3. The molecule has 146 valence electrons. The number of aromatic nitrogens is 3. The third-order valence-electron chi connectivity index (χ3n) is 4.48. The Morgan fingerprint density at radius 1 is 1.14 bits per heavy atom. The summed E-state index contributed by atoms with van der Waals surface area (Å²) in [5.74, 6) is -0.280. The molecule has 2 aromatic heterocycles. The van der Waals surface area contributed by atoms with Gasteiger partial charge in [-0.15, -0.1) is 0 Å². The molecule has 1 aromatic carbocycles. The molecule has 0 spiro atoms. The quantitative estimate of drug-likeness (QED) is 0.643. The van der Waals surface area contributed by atoms with Crippen molar-refractivity contribution in [3.63, 3.8) is 0 Å². The van der Waals surface area contributed by atoms with Crippen LogP contribution in [0.15, 0.2) is 33.6 Å². The summed E-state index contributed by atoms with van der Waals surface area (Å²) in [5, 5.41) is 8.80. The van der Waals surface area contributed by atoms with Crippen molar-refractivity contribution in [2.75, 3.05) is 0 Å². The molecule has 3 rings (SSSR count). The van der Waals surface area contributed by atoms with Crippen LogP contribution < -0.4 is 16.4 Å². The van der Waals surface area contributed by atoms with Crippen LogP contribution in [0.2, 0.25) is 0 Å². The zero-order chi connectivity index (χ0) is 20.3. The minimum Gasteiger partial charge on any atom is -0.361 e. The fraction of sp³-hybridized carbons (Fsp3) is 0.316. The van der Waals surface area contributed by atoms with E-state index < -0.39 is 5.91 Å². The molecular weight excluding hydrogens is 362 g/mol. The van der Waals surface area contributed by atoms with Gasteiger partial charge in [0, 0.05) is 23.9 Å². The van der Waals surface area contributed by atoms with Crippen LogP contribution >= 0.6 is 0 Å². The Balaban J connectivity index is 1.70. The van der Waals surface area contributed by atoms with Gasteiger partial charge in [0.1, 0.15) is 5.76 Å². The number of hydrogen-bond acceptors (Lipinski definition) is 6. The smallest absolute Gasteiger partial charge is 0.290 e. The summed E-state index contributed by atoms with van der Waals surface area (Å²) in [7, 11) is 0. The van der Waals surface area contributed by atoms with E-state index in [4.69, 9.17) is 4.52 Å². The molecule has 9 heteroatoms. The molecular formula is C19H21N5O4. The van der Waals surface area contributed by atoms with Gasteiger partial charge in [-0.1, -0.05) is 23.4 Å². The van der Waals surface area contributed by atoms with E-state index in [2.05, 4.69) is 21.1 Å². The van der Waals surface area contributed by atoms with Crippen LogP contribution in [0, 0.1) is 13.8 Å². The minimum atomic E-state index is -0.593. The lowest BCUT2D eigenvalue weighted by Gasteiger charge is -2.11. The molecule has 0 atom stereocenters. The third kappa shape index (κ3) is 3.78. The lowest BCUT2D eigenvalue weighted by Crippen LogP contribution is -2.42. The van der Waals surface area contributed by atoms with Gasteiger partial charge in [-0.05, 0) is 33.3 Å². The SMILES string of the molecule is CCn1nc(C(=O)NNC(=O)CCc2c(C)noc2C)c2ccccc2c1=O. The van der Waals surface area contributed by atoms with Crippen molar-refractivity contribution in [2.45, 2.75) is 40.2 Å². The van der Waals surface area contributed by atoms with Gasteiger partial charge in [-0.3, -0.25) is 25.2 Å². The molecule has 9 nitrogen and oxygen atoms in total. The van der Waals surface area contributed by atoms with Gasteiger partial charge < -0.3 is 4.52 Å². The van der Waals surface area contributed by atoms with Crippen LogP contribution in [0.25, 0.3) is 10.8 Å². The fourth-order valence-electron chi connectivity index (χ4n) is 2.96. The van der Waals surface area contributed by atoms with Crippen LogP contribution in [-0.4, -0.2) is 26.8 Å². The van der Waals surface area contributed by atoms with Crippen molar-refractivity contribution in [1.29, 1.82) is 0 Å². The summed E-state index contributed by atoms with van der Waals surface area (Å²) in [5.41, 5.74) is 6.18.